The molecule has 2 heterocycles. The maximum Gasteiger partial charge on any atom is 0.123 e. The molecule has 0 aliphatic carbocycles. The second-order valence-electron chi connectivity index (χ2n) is 9.24. The quantitative estimate of drug-likeness (QED) is 0.480. The van der Waals surface area contributed by atoms with Crippen molar-refractivity contribution in [2.75, 3.05) is 31.6 Å². The highest BCUT2D eigenvalue weighted by Gasteiger charge is 2.42. The Labute approximate surface area is 199 Å². The van der Waals surface area contributed by atoms with E-state index >= 15 is 0 Å². The number of rotatable bonds is 7. The van der Waals surface area contributed by atoms with E-state index in [9.17, 15) is 13.9 Å². The number of halogens is 2. The van der Waals surface area contributed by atoms with Gasteiger partial charge in [0, 0.05) is 36.4 Å². The second-order valence-corrected chi connectivity index (χ2v) is 9.24. The third-order valence-corrected chi connectivity index (χ3v) is 7.20. The molecule has 2 aliphatic rings. The van der Waals surface area contributed by atoms with Crippen molar-refractivity contribution < 1.29 is 18.6 Å². The van der Waals surface area contributed by atoms with Gasteiger partial charge in [0.15, 0.2) is 0 Å². The zero-order chi connectivity index (χ0) is 23.7. The normalized spacial score (nSPS) is 20.6. The van der Waals surface area contributed by atoms with Crippen LogP contribution in [-0.4, -0.2) is 42.8 Å². The van der Waals surface area contributed by atoms with Gasteiger partial charge in [-0.15, -0.1) is 0 Å². The van der Waals surface area contributed by atoms with Gasteiger partial charge in [-0.1, -0.05) is 12.1 Å². The van der Waals surface area contributed by atoms with Crippen molar-refractivity contribution in [2.45, 2.75) is 37.3 Å². The Morgan fingerprint density at radius 3 is 2.47 bits per heavy atom. The SMILES string of the molecule is COc1ccc(C(O)CCCN2CCC3C(C2)c2cc(F)ccc2N3c2ccc(F)cc2)cc1. The summed E-state index contributed by atoms with van der Waals surface area (Å²) < 4.78 is 32.9. The molecule has 34 heavy (non-hydrogen) atoms. The Bertz CT molecular complexity index is 1120. The first-order chi connectivity index (χ1) is 16.5. The lowest BCUT2D eigenvalue weighted by atomic mass is 9.88. The summed E-state index contributed by atoms with van der Waals surface area (Å²) in [5.41, 5.74) is 3.88. The summed E-state index contributed by atoms with van der Waals surface area (Å²) >= 11 is 0. The Morgan fingerprint density at radius 2 is 1.74 bits per heavy atom. The van der Waals surface area contributed by atoms with E-state index < -0.39 is 6.10 Å². The van der Waals surface area contributed by atoms with Gasteiger partial charge in [0.05, 0.1) is 13.2 Å². The molecular formula is C28H30F2N2O2. The highest BCUT2D eigenvalue weighted by atomic mass is 19.1. The largest absolute Gasteiger partial charge is 0.497 e. The predicted octanol–water partition coefficient (Wildman–Crippen LogP) is 5.80. The minimum atomic E-state index is -0.501. The molecule has 1 saturated heterocycles. The van der Waals surface area contributed by atoms with E-state index in [0.717, 1.165) is 60.7 Å². The minimum absolute atomic E-state index is 0.191. The van der Waals surface area contributed by atoms with Crippen LogP contribution in [0.2, 0.25) is 0 Å². The molecule has 0 amide bonds. The summed E-state index contributed by atoms with van der Waals surface area (Å²) in [5.74, 6) is 0.487. The number of anilines is 2. The van der Waals surface area contributed by atoms with Gasteiger partial charge in [0.2, 0.25) is 0 Å². The molecule has 0 saturated carbocycles. The van der Waals surface area contributed by atoms with Crippen LogP contribution in [0.5, 0.6) is 5.75 Å². The highest BCUT2D eigenvalue weighted by molar-refractivity contribution is 5.73. The van der Waals surface area contributed by atoms with Gasteiger partial charge in [0.1, 0.15) is 17.4 Å². The van der Waals surface area contributed by atoms with Gasteiger partial charge >= 0.3 is 0 Å². The van der Waals surface area contributed by atoms with E-state index in [1.54, 1.807) is 25.3 Å². The number of methoxy groups -OCH3 is 1. The third-order valence-electron chi connectivity index (χ3n) is 7.20. The Morgan fingerprint density at radius 1 is 1.00 bits per heavy atom. The first kappa shape index (κ1) is 22.8. The summed E-state index contributed by atoms with van der Waals surface area (Å²) in [6, 6.07) is 19.4. The van der Waals surface area contributed by atoms with Crippen LogP contribution < -0.4 is 9.64 Å². The number of ether oxygens (including phenoxy) is 1. The number of likely N-dealkylation sites (tertiary alicyclic amines) is 1. The van der Waals surface area contributed by atoms with Gasteiger partial charge < -0.3 is 19.6 Å². The van der Waals surface area contributed by atoms with Crippen molar-refractivity contribution in [2.24, 2.45) is 0 Å². The van der Waals surface area contributed by atoms with E-state index in [1.807, 2.05) is 30.3 Å². The maximum absolute atomic E-state index is 14.2. The van der Waals surface area contributed by atoms with Crippen LogP contribution >= 0.6 is 0 Å². The van der Waals surface area contributed by atoms with Gasteiger partial charge in [0.25, 0.3) is 0 Å². The number of aliphatic hydroxyl groups excluding tert-OH is 1. The number of piperidine rings is 1. The fourth-order valence-corrected chi connectivity index (χ4v) is 5.48. The fourth-order valence-electron chi connectivity index (χ4n) is 5.48. The third kappa shape index (κ3) is 4.52. The van der Waals surface area contributed by atoms with Crippen molar-refractivity contribution >= 4 is 11.4 Å². The van der Waals surface area contributed by atoms with Crippen molar-refractivity contribution in [3.63, 3.8) is 0 Å². The number of hydrogen-bond acceptors (Lipinski definition) is 4. The molecule has 0 radical (unpaired) electrons. The van der Waals surface area contributed by atoms with Crippen molar-refractivity contribution in [1.29, 1.82) is 0 Å². The van der Waals surface area contributed by atoms with Gasteiger partial charge in [-0.25, -0.2) is 8.78 Å². The molecule has 3 unspecified atom stereocenters. The first-order valence-electron chi connectivity index (χ1n) is 11.9. The first-order valence-corrected chi connectivity index (χ1v) is 11.9. The maximum atomic E-state index is 14.2. The summed E-state index contributed by atoms with van der Waals surface area (Å²) in [7, 11) is 1.63. The molecule has 0 bridgehead atoms. The van der Waals surface area contributed by atoms with E-state index in [4.69, 9.17) is 4.74 Å². The average molecular weight is 465 g/mol. The molecule has 3 atom stereocenters. The fraction of sp³-hybridized carbons (Fsp3) is 0.357. The smallest absolute Gasteiger partial charge is 0.123 e. The van der Waals surface area contributed by atoms with E-state index in [2.05, 4.69) is 9.80 Å². The van der Waals surface area contributed by atoms with Crippen molar-refractivity contribution in [3.8, 4) is 5.75 Å². The molecule has 178 valence electrons. The van der Waals surface area contributed by atoms with Gasteiger partial charge in [-0.3, -0.25) is 0 Å². The number of hydrogen-bond donors (Lipinski definition) is 1. The lowest BCUT2D eigenvalue weighted by Crippen LogP contribution is -2.45. The van der Waals surface area contributed by atoms with E-state index in [0.29, 0.717) is 6.42 Å². The number of fused-ring (bicyclic) bond motifs is 3. The zero-order valence-corrected chi connectivity index (χ0v) is 19.3. The highest BCUT2D eigenvalue weighted by Crippen LogP contribution is 2.48. The van der Waals surface area contributed by atoms with Crippen LogP contribution in [0.25, 0.3) is 0 Å². The van der Waals surface area contributed by atoms with Crippen LogP contribution in [0.4, 0.5) is 20.2 Å². The van der Waals surface area contributed by atoms with Crippen LogP contribution in [0, 0.1) is 11.6 Å². The molecule has 3 aromatic carbocycles. The molecule has 3 aromatic rings. The zero-order valence-electron chi connectivity index (χ0n) is 19.3. The lowest BCUT2D eigenvalue weighted by Gasteiger charge is -2.39. The molecule has 0 aromatic heterocycles. The van der Waals surface area contributed by atoms with Gasteiger partial charge in [-0.05, 0) is 91.5 Å². The minimum Gasteiger partial charge on any atom is -0.497 e. The van der Waals surface area contributed by atoms with E-state index in [1.165, 1.54) is 18.2 Å². The van der Waals surface area contributed by atoms with Crippen molar-refractivity contribution in [3.05, 3.63) is 89.5 Å². The lowest BCUT2D eigenvalue weighted by molar-refractivity contribution is 0.145. The Kier molecular flexibility index (Phi) is 6.53. The summed E-state index contributed by atoms with van der Waals surface area (Å²) in [5, 5.41) is 10.6. The Hall–Kier alpha value is -2.96. The molecule has 2 aliphatic heterocycles. The van der Waals surface area contributed by atoms with Crippen LogP contribution in [0.3, 0.4) is 0 Å². The standard InChI is InChI=1S/C28H30F2N2O2/c1-34-23-11-4-19(5-12-23)28(33)3-2-15-31-16-14-27-25(18-31)24-17-21(30)8-13-26(24)32(27)22-9-6-20(29)7-10-22/h4-13,17,25,27-28,33H,2-3,14-16,18H2,1H3. The van der Waals surface area contributed by atoms with E-state index in [-0.39, 0.29) is 23.6 Å². The van der Waals surface area contributed by atoms with Crippen LogP contribution in [-0.2, 0) is 0 Å². The number of nitrogens with zero attached hydrogens (tertiary/aromatic N) is 2. The number of aliphatic hydroxyl groups is 1. The molecule has 1 fully saturated rings. The monoisotopic (exact) mass is 464 g/mol. The average Bonchev–Trinajstić information content (AvgIpc) is 3.17. The van der Waals surface area contributed by atoms with Crippen LogP contribution in [0.1, 0.15) is 42.4 Å². The molecule has 5 rings (SSSR count). The summed E-state index contributed by atoms with van der Waals surface area (Å²) in [4.78, 5) is 4.68. The summed E-state index contributed by atoms with van der Waals surface area (Å²) in [6.07, 6.45) is 2.00. The molecular weight excluding hydrogens is 434 g/mol. The number of benzene rings is 3. The molecule has 1 N–H and O–H groups in total. The van der Waals surface area contributed by atoms with Crippen molar-refractivity contribution in [1.82, 2.24) is 4.90 Å². The van der Waals surface area contributed by atoms with Crippen LogP contribution in [0.15, 0.2) is 66.7 Å². The topological polar surface area (TPSA) is 35.9 Å². The molecule has 6 heteroatoms. The molecule has 4 nitrogen and oxygen atoms in total. The summed E-state index contributed by atoms with van der Waals surface area (Å²) in [6.45, 7) is 2.67. The predicted molar refractivity (Wildman–Crippen MR) is 130 cm³/mol. The van der Waals surface area contributed by atoms with Gasteiger partial charge in [-0.2, -0.15) is 0 Å². The Balaban J connectivity index is 1.25. The molecule has 0 spiro atoms. The second kappa shape index (κ2) is 9.72.